The molecule has 1 aromatic rings. The number of hydrogen-bond acceptors (Lipinski definition) is 2. The van der Waals surface area contributed by atoms with Gasteiger partial charge in [0.1, 0.15) is 0 Å². The van der Waals surface area contributed by atoms with Crippen molar-refractivity contribution in [2.45, 2.75) is 46.1 Å². The number of nitrogens with zero attached hydrogens (tertiary/aromatic N) is 2. The number of hydrogen-bond donors (Lipinski definition) is 1. The summed E-state index contributed by atoms with van der Waals surface area (Å²) in [4.78, 5) is 0. The second kappa shape index (κ2) is 7.28. The minimum atomic E-state index is 0.937. The van der Waals surface area contributed by atoms with Gasteiger partial charge in [-0.05, 0) is 39.7 Å². The first-order chi connectivity index (χ1) is 8.16. The third kappa shape index (κ3) is 4.35. The van der Waals surface area contributed by atoms with Gasteiger partial charge in [0.2, 0.25) is 0 Å². The minimum Gasteiger partial charge on any atom is -0.313 e. The van der Waals surface area contributed by atoms with Crippen LogP contribution in [0.15, 0.2) is 12.7 Å². The van der Waals surface area contributed by atoms with Gasteiger partial charge >= 0.3 is 0 Å². The molecule has 0 bridgehead atoms. The molecule has 17 heavy (non-hydrogen) atoms. The van der Waals surface area contributed by atoms with Crippen molar-refractivity contribution in [3.8, 4) is 0 Å². The quantitative estimate of drug-likeness (QED) is 0.554. The zero-order valence-corrected chi connectivity index (χ0v) is 11.4. The number of rotatable bonds is 8. The number of allylic oxidation sites excluding steroid dienone is 1. The fourth-order valence-corrected chi connectivity index (χ4v) is 2.00. The van der Waals surface area contributed by atoms with Gasteiger partial charge in [0.25, 0.3) is 0 Å². The Morgan fingerprint density at radius 2 is 2.06 bits per heavy atom. The maximum atomic E-state index is 4.42. The van der Waals surface area contributed by atoms with Crippen LogP contribution in [0.1, 0.15) is 42.6 Å². The molecule has 0 aliphatic heterocycles. The number of nitrogens with one attached hydrogen (secondary N) is 1. The summed E-state index contributed by atoms with van der Waals surface area (Å²) in [5.74, 6) is 0. The maximum absolute atomic E-state index is 4.42. The third-order valence-corrected chi connectivity index (χ3v) is 3.22. The molecule has 0 atom stereocenters. The van der Waals surface area contributed by atoms with Crippen molar-refractivity contribution in [3.05, 3.63) is 29.6 Å². The van der Waals surface area contributed by atoms with Gasteiger partial charge in [-0.15, -0.1) is 6.58 Å². The lowest BCUT2D eigenvalue weighted by molar-refractivity contribution is 0.603. The predicted molar refractivity (Wildman–Crippen MR) is 73.1 cm³/mol. The molecule has 1 aromatic heterocycles. The molecule has 3 nitrogen and oxygen atoms in total. The van der Waals surface area contributed by atoms with Crippen LogP contribution in [0.25, 0.3) is 0 Å². The predicted octanol–water partition coefficient (Wildman–Crippen LogP) is 2.87. The smallest absolute Gasteiger partial charge is 0.0641 e. The molecule has 0 saturated heterocycles. The van der Waals surface area contributed by atoms with E-state index in [1.807, 2.05) is 17.8 Å². The second-order valence-electron chi connectivity index (χ2n) is 4.59. The molecule has 0 saturated carbocycles. The summed E-state index contributed by atoms with van der Waals surface area (Å²) >= 11 is 0. The van der Waals surface area contributed by atoms with Crippen molar-refractivity contribution in [1.82, 2.24) is 15.1 Å². The van der Waals surface area contributed by atoms with Gasteiger partial charge in [-0.3, -0.25) is 4.68 Å². The molecule has 1 heterocycles. The molecule has 0 aliphatic rings. The Morgan fingerprint density at radius 1 is 1.29 bits per heavy atom. The standard InChI is InChI=1S/C14H25N3/c1-5-6-7-8-9-10-15-11-14-12(2)16-17(4)13(14)3/h5,15H,1,6-11H2,2-4H3. The number of aryl methyl sites for hydroxylation is 2. The van der Waals surface area contributed by atoms with E-state index in [-0.39, 0.29) is 0 Å². The molecule has 0 aromatic carbocycles. The zero-order valence-electron chi connectivity index (χ0n) is 11.4. The summed E-state index contributed by atoms with van der Waals surface area (Å²) in [7, 11) is 2.00. The lowest BCUT2D eigenvalue weighted by atomic mass is 10.1. The molecule has 96 valence electrons. The van der Waals surface area contributed by atoms with E-state index in [0.29, 0.717) is 0 Å². The van der Waals surface area contributed by atoms with E-state index in [1.165, 1.54) is 30.5 Å². The molecule has 0 radical (unpaired) electrons. The Balaban J connectivity index is 2.20. The van der Waals surface area contributed by atoms with Crippen LogP contribution < -0.4 is 5.32 Å². The monoisotopic (exact) mass is 235 g/mol. The fraction of sp³-hybridized carbons (Fsp3) is 0.643. The second-order valence-corrected chi connectivity index (χ2v) is 4.59. The van der Waals surface area contributed by atoms with Gasteiger partial charge in [-0.25, -0.2) is 0 Å². The molecule has 0 fully saturated rings. The van der Waals surface area contributed by atoms with E-state index in [1.54, 1.807) is 0 Å². The van der Waals surface area contributed by atoms with Crippen molar-refractivity contribution in [3.63, 3.8) is 0 Å². The van der Waals surface area contributed by atoms with Gasteiger partial charge in [0.05, 0.1) is 5.69 Å². The van der Waals surface area contributed by atoms with Crippen molar-refractivity contribution in [1.29, 1.82) is 0 Å². The van der Waals surface area contributed by atoms with Crippen LogP contribution in [0.2, 0.25) is 0 Å². The highest BCUT2D eigenvalue weighted by Gasteiger charge is 2.07. The van der Waals surface area contributed by atoms with Crippen LogP contribution in [0.4, 0.5) is 0 Å². The lowest BCUT2D eigenvalue weighted by Gasteiger charge is -2.05. The third-order valence-electron chi connectivity index (χ3n) is 3.22. The molecule has 1 rings (SSSR count). The van der Waals surface area contributed by atoms with Crippen LogP contribution in [-0.4, -0.2) is 16.3 Å². The summed E-state index contributed by atoms with van der Waals surface area (Å²) in [6.45, 7) is 9.96. The topological polar surface area (TPSA) is 29.9 Å². The van der Waals surface area contributed by atoms with Gasteiger partial charge in [-0.2, -0.15) is 5.10 Å². The average molecular weight is 235 g/mol. The molecular formula is C14H25N3. The summed E-state index contributed by atoms with van der Waals surface area (Å²) in [6.07, 6.45) is 6.92. The summed E-state index contributed by atoms with van der Waals surface area (Å²) < 4.78 is 1.95. The first-order valence-electron chi connectivity index (χ1n) is 6.47. The Kier molecular flexibility index (Phi) is 5.98. The molecule has 3 heteroatoms. The molecule has 0 amide bonds. The average Bonchev–Trinajstić information content (AvgIpc) is 2.54. The molecule has 0 unspecified atom stereocenters. The van der Waals surface area contributed by atoms with Crippen molar-refractivity contribution in [2.24, 2.45) is 7.05 Å². The highest BCUT2D eigenvalue weighted by atomic mass is 15.3. The zero-order chi connectivity index (χ0) is 12.7. The first-order valence-corrected chi connectivity index (χ1v) is 6.47. The first kappa shape index (κ1) is 14.0. The Labute approximate surface area is 105 Å². The van der Waals surface area contributed by atoms with Gasteiger partial charge in [0, 0.05) is 24.8 Å². The van der Waals surface area contributed by atoms with Crippen LogP contribution in [0, 0.1) is 13.8 Å². The molecule has 0 aliphatic carbocycles. The van der Waals surface area contributed by atoms with Crippen LogP contribution >= 0.6 is 0 Å². The Bertz CT molecular complexity index is 353. The van der Waals surface area contributed by atoms with Crippen LogP contribution in [-0.2, 0) is 13.6 Å². The summed E-state index contributed by atoms with van der Waals surface area (Å²) in [5, 5.41) is 7.91. The molecular weight excluding hydrogens is 210 g/mol. The van der Waals surface area contributed by atoms with Crippen molar-refractivity contribution in [2.75, 3.05) is 6.54 Å². The SMILES string of the molecule is C=CCCCCCNCc1c(C)nn(C)c1C. The number of aromatic nitrogens is 2. The van der Waals surface area contributed by atoms with Crippen LogP contribution in [0.5, 0.6) is 0 Å². The van der Waals surface area contributed by atoms with Crippen molar-refractivity contribution < 1.29 is 0 Å². The Morgan fingerprint density at radius 3 is 2.65 bits per heavy atom. The van der Waals surface area contributed by atoms with E-state index in [4.69, 9.17) is 0 Å². The van der Waals surface area contributed by atoms with Crippen LogP contribution in [0.3, 0.4) is 0 Å². The number of unbranched alkanes of at least 4 members (excludes halogenated alkanes) is 3. The maximum Gasteiger partial charge on any atom is 0.0641 e. The van der Waals surface area contributed by atoms with E-state index in [2.05, 4.69) is 30.8 Å². The highest BCUT2D eigenvalue weighted by molar-refractivity contribution is 5.23. The molecule has 1 N–H and O–H groups in total. The van der Waals surface area contributed by atoms with Gasteiger partial charge in [-0.1, -0.05) is 12.5 Å². The Hall–Kier alpha value is -1.09. The summed E-state index contributed by atoms with van der Waals surface area (Å²) in [5.41, 5.74) is 3.75. The van der Waals surface area contributed by atoms with E-state index in [9.17, 15) is 0 Å². The normalized spacial score (nSPS) is 10.8. The highest BCUT2D eigenvalue weighted by Crippen LogP contribution is 2.11. The van der Waals surface area contributed by atoms with Gasteiger partial charge in [0.15, 0.2) is 0 Å². The fourth-order valence-electron chi connectivity index (χ4n) is 2.00. The molecule has 0 spiro atoms. The minimum absolute atomic E-state index is 0.937. The van der Waals surface area contributed by atoms with Crippen molar-refractivity contribution >= 4 is 0 Å². The lowest BCUT2D eigenvalue weighted by Crippen LogP contribution is -2.15. The summed E-state index contributed by atoms with van der Waals surface area (Å²) in [6, 6.07) is 0. The van der Waals surface area contributed by atoms with E-state index < -0.39 is 0 Å². The largest absolute Gasteiger partial charge is 0.313 e. The van der Waals surface area contributed by atoms with E-state index in [0.717, 1.165) is 25.2 Å². The van der Waals surface area contributed by atoms with Gasteiger partial charge < -0.3 is 5.32 Å². The van der Waals surface area contributed by atoms with E-state index >= 15 is 0 Å².